The van der Waals surface area contributed by atoms with E-state index in [4.69, 9.17) is 9.42 Å². The fourth-order valence-corrected chi connectivity index (χ4v) is 3.94. The van der Waals surface area contributed by atoms with Crippen LogP contribution < -0.4 is 0 Å². The molecule has 112 valence electrons. The molecule has 1 fully saturated rings. The summed E-state index contributed by atoms with van der Waals surface area (Å²) in [4.78, 5) is 9.01. The molecule has 0 radical (unpaired) electrons. The van der Waals surface area contributed by atoms with Crippen molar-refractivity contribution in [2.75, 3.05) is 0 Å². The molecule has 1 aliphatic rings. The predicted molar refractivity (Wildman–Crippen MR) is 72.3 cm³/mol. The summed E-state index contributed by atoms with van der Waals surface area (Å²) < 4.78 is 16.2. The second-order valence-electron chi connectivity index (χ2n) is 6.22. The molecule has 0 spiro atoms. The molecule has 0 bridgehead atoms. The van der Waals surface area contributed by atoms with Gasteiger partial charge in [-0.15, -0.1) is 9.42 Å². The lowest BCUT2D eigenvalue weighted by Crippen LogP contribution is -2.44. The molecule has 0 aliphatic heterocycles. The molecule has 6 heteroatoms. The van der Waals surface area contributed by atoms with Gasteiger partial charge in [0.2, 0.25) is 0 Å². The van der Waals surface area contributed by atoms with Crippen molar-refractivity contribution in [3.63, 3.8) is 0 Å². The molecule has 0 aromatic carbocycles. The maximum Gasteiger partial charge on any atom is 0.695 e. The van der Waals surface area contributed by atoms with E-state index in [1.807, 2.05) is 20.8 Å². The first kappa shape index (κ1) is 17.0. The van der Waals surface area contributed by atoms with E-state index in [0.29, 0.717) is 5.92 Å². The molecule has 6 atom stereocenters. The molecular weight excluding hydrogens is 267 g/mol. The van der Waals surface area contributed by atoms with Gasteiger partial charge in [0, 0.05) is 10.5 Å². The van der Waals surface area contributed by atoms with Crippen molar-refractivity contribution in [1.82, 2.24) is 0 Å². The highest BCUT2D eigenvalue weighted by atomic mass is 31.1. The Labute approximate surface area is 115 Å². The van der Waals surface area contributed by atoms with E-state index < -0.39 is 14.5 Å². The van der Waals surface area contributed by atoms with E-state index in [-0.39, 0.29) is 29.8 Å². The van der Waals surface area contributed by atoms with Gasteiger partial charge >= 0.3 is 8.25 Å². The topological polar surface area (TPSA) is 87.0 Å². The van der Waals surface area contributed by atoms with E-state index in [2.05, 4.69) is 6.92 Å². The zero-order valence-electron chi connectivity index (χ0n) is 12.1. The molecule has 3 N–H and O–H groups in total. The normalized spacial score (nSPS) is 34.7. The number of hydrogen-bond donors (Lipinski definition) is 3. The highest BCUT2D eigenvalue weighted by Crippen LogP contribution is 2.45. The summed E-state index contributed by atoms with van der Waals surface area (Å²) in [6, 6.07) is 0. The van der Waals surface area contributed by atoms with Gasteiger partial charge in [-0.1, -0.05) is 27.7 Å². The molecule has 1 rings (SSSR count). The number of rotatable bonds is 5. The summed E-state index contributed by atoms with van der Waals surface area (Å²) in [6.07, 6.45) is -0.0116. The molecule has 0 aromatic heterocycles. The highest BCUT2D eigenvalue weighted by molar-refractivity contribution is 7.32. The molecule has 1 aliphatic carbocycles. The van der Waals surface area contributed by atoms with Crippen LogP contribution in [-0.4, -0.2) is 27.5 Å². The van der Waals surface area contributed by atoms with Gasteiger partial charge in [0.15, 0.2) is 6.29 Å². The SMILES string of the molecule is CC(C(O)O)C1C[C@@H](C)CC(O[P+](=O)O)[C@H]1C(C)C. The largest absolute Gasteiger partial charge is 0.695 e. The Balaban J connectivity index is 2.95. The summed E-state index contributed by atoms with van der Waals surface area (Å²) in [5.74, 6) is 0.500. The second kappa shape index (κ2) is 7.09. The van der Waals surface area contributed by atoms with Crippen LogP contribution >= 0.6 is 8.25 Å². The first-order valence-electron chi connectivity index (χ1n) is 6.93. The van der Waals surface area contributed by atoms with Crippen molar-refractivity contribution in [1.29, 1.82) is 0 Å². The quantitative estimate of drug-likeness (QED) is 0.535. The first-order chi connectivity index (χ1) is 8.73. The Kier molecular flexibility index (Phi) is 6.34. The van der Waals surface area contributed by atoms with Crippen molar-refractivity contribution in [2.45, 2.75) is 52.9 Å². The third-order valence-corrected chi connectivity index (χ3v) is 4.83. The summed E-state index contributed by atoms with van der Waals surface area (Å²) in [6.45, 7) is 7.98. The molecule has 5 nitrogen and oxygen atoms in total. The number of hydrogen-bond acceptors (Lipinski definition) is 4. The summed E-state index contributed by atoms with van der Waals surface area (Å²) in [7, 11) is -2.62. The van der Waals surface area contributed by atoms with Crippen molar-refractivity contribution in [2.24, 2.45) is 29.6 Å². The molecule has 0 heterocycles. The monoisotopic (exact) mass is 293 g/mol. The van der Waals surface area contributed by atoms with Crippen molar-refractivity contribution < 1.29 is 24.2 Å². The highest BCUT2D eigenvalue weighted by Gasteiger charge is 2.45. The minimum absolute atomic E-state index is 0.0686. The first-order valence-corrected chi connectivity index (χ1v) is 8.06. The van der Waals surface area contributed by atoms with E-state index in [1.54, 1.807) is 0 Å². The van der Waals surface area contributed by atoms with Gasteiger partial charge in [-0.25, -0.2) is 0 Å². The Hall–Kier alpha value is -0.0600. The number of aliphatic hydroxyl groups excluding tert-OH is 1. The fraction of sp³-hybridized carbons (Fsp3) is 1.00. The van der Waals surface area contributed by atoms with Crippen LogP contribution in [0.3, 0.4) is 0 Å². The van der Waals surface area contributed by atoms with Gasteiger partial charge in [0.05, 0.1) is 0 Å². The van der Waals surface area contributed by atoms with E-state index >= 15 is 0 Å². The third-order valence-electron chi connectivity index (χ3n) is 4.37. The lowest BCUT2D eigenvalue weighted by molar-refractivity contribution is -0.125. The Bertz CT molecular complexity index is 307. The smallest absolute Gasteiger partial charge is 0.368 e. The summed E-state index contributed by atoms with van der Waals surface area (Å²) in [5, 5.41) is 18.9. The summed E-state index contributed by atoms with van der Waals surface area (Å²) in [5.41, 5.74) is 0. The van der Waals surface area contributed by atoms with Crippen LogP contribution in [0.5, 0.6) is 0 Å². The Morgan fingerprint density at radius 3 is 2.21 bits per heavy atom. The minimum atomic E-state index is -2.62. The Morgan fingerprint density at radius 2 is 1.79 bits per heavy atom. The lowest BCUT2D eigenvalue weighted by atomic mass is 9.64. The average molecular weight is 293 g/mol. The maximum atomic E-state index is 11.0. The van der Waals surface area contributed by atoms with Crippen molar-refractivity contribution in [3.8, 4) is 0 Å². The average Bonchev–Trinajstić information content (AvgIpc) is 2.25. The second-order valence-corrected chi connectivity index (χ2v) is 6.90. The molecular formula is C13H26O5P+. The molecule has 1 saturated carbocycles. The Morgan fingerprint density at radius 1 is 1.21 bits per heavy atom. The molecule has 0 aromatic rings. The molecule has 4 unspecified atom stereocenters. The van der Waals surface area contributed by atoms with Crippen LogP contribution in [-0.2, 0) is 9.09 Å². The van der Waals surface area contributed by atoms with Crippen LogP contribution in [0.15, 0.2) is 0 Å². The minimum Gasteiger partial charge on any atom is -0.368 e. The van der Waals surface area contributed by atoms with Gasteiger partial charge in [0.25, 0.3) is 0 Å². The predicted octanol–water partition coefficient (Wildman–Crippen LogP) is 2.29. The van der Waals surface area contributed by atoms with Crippen LogP contribution in [0.25, 0.3) is 0 Å². The van der Waals surface area contributed by atoms with Crippen LogP contribution in [0.1, 0.15) is 40.5 Å². The van der Waals surface area contributed by atoms with E-state index in [0.717, 1.165) is 12.8 Å². The van der Waals surface area contributed by atoms with Crippen LogP contribution in [0.2, 0.25) is 0 Å². The van der Waals surface area contributed by atoms with Gasteiger partial charge < -0.3 is 10.2 Å². The van der Waals surface area contributed by atoms with E-state index in [9.17, 15) is 14.8 Å². The zero-order chi connectivity index (χ0) is 14.7. The van der Waals surface area contributed by atoms with Crippen molar-refractivity contribution in [3.05, 3.63) is 0 Å². The lowest BCUT2D eigenvalue weighted by Gasteiger charge is -2.43. The van der Waals surface area contributed by atoms with Gasteiger partial charge in [-0.2, -0.15) is 0 Å². The zero-order valence-corrected chi connectivity index (χ0v) is 13.0. The summed E-state index contributed by atoms with van der Waals surface area (Å²) >= 11 is 0. The molecule has 19 heavy (non-hydrogen) atoms. The van der Waals surface area contributed by atoms with Gasteiger partial charge in [0.1, 0.15) is 6.10 Å². The van der Waals surface area contributed by atoms with Crippen LogP contribution in [0, 0.1) is 29.6 Å². The molecule has 0 amide bonds. The fourth-order valence-electron chi connectivity index (χ4n) is 3.49. The van der Waals surface area contributed by atoms with Crippen LogP contribution in [0.4, 0.5) is 0 Å². The van der Waals surface area contributed by atoms with Crippen molar-refractivity contribution >= 4 is 8.25 Å². The van der Waals surface area contributed by atoms with Gasteiger partial charge in [-0.05, 0) is 36.5 Å². The number of aliphatic hydroxyl groups is 2. The third kappa shape index (κ3) is 4.47. The standard InChI is InChI=1S/C13H25O5P/c1-7(2)12-10(9(4)13(14)15)5-8(3)6-11(12)18-19(16)17/h7-15H,5-6H2,1-4H3/p+1/t8-,9?,10?,11?,12+/m1/s1. The molecule has 0 saturated heterocycles. The maximum absolute atomic E-state index is 11.0. The van der Waals surface area contributed by atoms with E-state index in [1.165, 1.54) is 0 Å². The van der Waals surface area contributed by atoms with Gasteiger partial charge in [-0.3, -0.25) is 0 Å².